The van der Waals surface area contributed by atoms with Crippen LogP contribution < -0.4 is 4.65 Å². The van der Waals surface area contributed by atoms with Gasteiger partial charge in [-0.3, -0.25) is 0 Å². The van der Waals surface area contributed by atoms with Crippen molar-refractivity contribution in [2.45, 2.75) is 38.9 Å². The second-order valence-electron chi connectivity index (χ2n) is 4.05. The van der Waals surface area contributed by atoms with Crippen LogP contribution in [0.25, 0.3) is 0 Å². The fourth-order valence-electron chi connectivity index (χ4n) is 1.51. The summed E-state index contributed by atoms with van der Waals surface area (Å²) in [4.78, 5) is 0. The van der Waals surface area contributed by atoms with Crippen molar-refractivity contribution in [2.75, 3.05) is 0 Å². The fraction of sp³-hybridized carbons (Fsp3) is 0.500. The van der Waals surface area contributed by atoms with Crippen molar-refractivity contribution < 1.29 is 32.3 Å². The molecule has 1 rings (SSSR count). The lowest BCUT2D eigenvalue weighted by Gasteiger charge is -2.07. The standard InChI is InChI=1S/C6H3BF4O3.C6H15Si/c8-2-1-3(9)6(14-7(12)13)5(11)4(2)10;1-4-7(5-2)6-3/h1,12-13H;4-6H2,1-3H3. The Balaban J connectivity index is 0.000000486. The van der Waals surface area contributed by atoms with E-state index < -0.39 is 36.3 Å². The zero-order valence-corrected chi connectivity index (χ0v) is 13.1. The molecule has 0 saturated carbocycles. The predicted octanol–water partition coefficient (Wildman–Crippen LogP) is 3.13. The molecular formula is C12H18BF4O3Si. The molecule has 3 nitrogen and oxygen atoms in total. The molecule has 21 heavy (non-hydrogen) atoms. The summed E-state index contributed by atoms with van der Waals surface area (Å²) < 4.78 is 53.9. The Labute approximate surface area is 123 Å². The van der Waals surface area contributed by atoms with Gasteiger partial charge in [-0.2, -0.15) is 4.39 Å². The van der Waals surface area contributed by atoms with Gasteiger partial charge in [0, 0.05) is 14.9 Å². The molecule has 0 aliphatic carbocycles. The summed E-state index contributed by atoms with van der Waals surface area (Å²) in [6.07, 6.45) is 0. The molecule has 119 valence electrons. The first-order valence-corrected chi connectivity index (χ1v) is 8.59. The van der Waals surface area contributed by atoms with E-state index in [9.17, 15) is 17.6 Å². The van der Waals surface area contributed by atoms with Crippen molar-refractivity contribution in [3.63, 3.8) is 0 Å². The molecule has 0 heterocycles. The van der Waals surface area contributed by atoms with Crippen molar-refractivity contribution in [1.29, 1.82) is 0 Å². The van der Waals surface area contributed by atoms with Crippen LogP contribution in [0, 0.1) is 23.3 Å². The van der Waals surface area contributed by atoms with Crippen LogP contribution in [0.15, 0.2) is 6.07 Å². The highest BCUT2D eigenvalue weighted by Crippen LogP contribution is 2.25. The SMILES string of the molecule is CC[Si](CC)CC.OB(O)Oc1c(F)cc(F)c(F)c1F. The number of benzene rings is 1. The van der Waals surface area contributed by atoms with Gasteiger partial charge in [0.15, 0.2) is 23.2 Å². The number of hydrogen-bond acceptors (Lipinski definition) is 3. The molecule has 2 N–H and O–H groups in total. The molecule has 0 fully saturated rings. The quantitative estimate of drug-likeness (QED) is 0.378. The lowest BCUT2D eigenvalue weighted by Crippen LogP contribution is -2.22. The van der Waals surface area contributed by atoms with Gasteiger partial charge in [0.2, 0.25) is 5.82 Å². The van der Waals surface area contributed by atoms with Crippen LogP contribution in [0.2, 0.25) is 18.1 Å². The van der Waals surface area contributed by atoms with E-state index in [-0.39, 0.29) is 14.9 Å². The molecule has 0 saturated heterocycles. The van der Waals surface area contributed by atoms with Crippen LogP contribution in [0.4, 0.5) is 17.6 Å². The Kier molecular flexibility index (Phi) is 9.31. The van der Waals surface area contributed by atoms with E-state index in [0.717, 1.165) is 0 Å². The first-order chi connectivity index (χ1) is 9.78. The third kappa shape index (κ3) is 6.49. The highest BCUT2D eigenvalue weighted by Gasteiger charge is 2.24. The first-order valence-electron chi connectivity index (χ1n) is 6.47. The van der Waals surface area contributed by atoms with Gasteiger partial charge < -0.3 is 14.7 Å². The van der Waals surface area contributed by atoms with E-state index in [0.29, 0.717) is 0 Å². The molecule has 1 radical (unpaired) electrons. The van der Waals surface area contributed by atoms with Crippen molar-refractivity contribution in [3.8, 4) is 5.75 Å². The monoisotopic (exact) mass is 325 g/mol. The van der Waals surface area contributed by atoms with Gasteiger partial charge in [-0.15, -0.1) is 0 Å². The normalized spacial score (nSPS) is 10.2. The maximum absolute atomic E-state index is 12.7. The van der Waals surface area contributed by atoms with Crippen LogP contribution in [0.3, 0.4) is 0 Å². The van der Waals surface area contributed by atoms with Crippen LogP contribution in [-0.4, -0.2) is 26.2 Å². The summed E-state index contributed by atoms with van der Waals surface area (Å²) in [5.74, 6) is -8.62. The highest BCUT2D eigenvalue weighted by molar-refractivity contribution is 6.58. The van der Waals surface area contributed by atoms with Gasteiger partial charge >= 0.3 is 7.32 Å². The van der Waals surface area contributed by atoms with Crippen LogP contribution in [0.5, 0.6) is 5.75 Å². The second kappa shape index (κ2) is 9.80. The second-order valence-corrected chi connectivity index (χ2v) is 7.67. The molecule has 0 unspecified atom stereocenters. The van der Waals surface area contributed by atoms with Crippen molar-refractivity contribution in [3.05, 3.63) is 29.3 Å². The zero-order chi connectivity index (χ0) is 16.6. The third-order valence-electron chi connectivity index (χ3n) is 2.80. The topological polar surface area (TPSA) is 49.7 Å². The van der Waals surface area contributed by atoms with Crippen molar-refractivity contribution >= 4 is 16.1 Å². The highest BCUT2D eigenvalue weighted by atomic mass is 28.3. The van der Waals surface area contributed by atoms with Gasteiger partial charge in [-0.25, -0.2) is 13.2 Å². The van der Waals surface area contributed by atoms with Crippen LogP contribution >= 0.6 is 0 Å². The average Bonchev–Trinajstić information content (AvgIpc) is 2.44. The van der Waals surface area contributed by atoms with Crippen molar-refractivity contribution in [2.24, 2.45) is 0 Å². The Hall–Kier alpha value is -1.06. The van der Waals surface area contributed by atoms with E-state index in [1.165, 1.54) is 18.1 Å². The third-order valence-corrected chi connectivity index (χ3v) is 5.80. The molecule has 0 amide bonds. The number of rotatable bonds is 5. The van der Waals surface area contributed by atoms with Gasteiger partial charge in [-0.1, -0.05) is 38.9 Å². The molecule has 0 atom stereocenters. The van der Waals surface area contributed by atoms with E-state index >= 15 is 0 Å². The molecule has 1 aromatic carbocycles. The van der Waals surface area contributed by atoms with E-state index in [1.54, 1.807) is 0 Å². The molecule has 0 bridgehead atoms. The van der Waals surface area contributed by atoms with Crippen LogP contribution in [-0.2, 0) is 0 Å². The molecule has 0 aromatic heterocycles. The maximum atomic E-state index is 12.7. The number of halogens is 4. The maximum Gasteiger partial charge on any atom is 0.707 e. The molecule has 0 aliphatic rings. The minimum absolute atomic E-state index is 0.0239. The summed E-state index contributed by atoms with van der Waals surface area (Å²) in [7, 11) is -2.39. The van der Waals surface area contributed by atoms with E-state index in [4.69, 9.17) is 10.0 Å². The van der Waals surface area contributed by atoms with Gasteiger partial charge in [0.1, 0.15) is 0 Å². The zero-order valence-electron chi connectivity index (χ0n) is 12.1. The largest absolute Gasteiger partial charge is 0.707 e. The molecule has 9 heteroatoms. The lowest BCUT2D eigenvalue weighted by atomic mass is 10.2. The Morgan fingerprint density at radius 1 is 0.952 bits per heavy atom. The minimum atomic E-state index is -2.52. The first kappa shape index (κ1) is 19.9. The lowest BCUT2D eigenvalue weighted by molar-refractivity contribution is 0.269. The van der Waals surface area contributed by atoms with Crippen LogP contribution in [0.1, 0.15) is 20.8 Å². The summed E-state index contributed by atoms with van der Waals surface area (Å²) in [6, 6.07) is 4.39. The van der Waals surface area contributed by atoms with E-state index in [2.05, 4.69) is 25.4 Å². The Morgan fingerprint density at radius 3 is 1.76 bits per heavy atom. The Bertz CT molecular complexity index is 439. The summed E-state index contributed by atoms with van der Waals surface area (Å²) in [5, 5.41) is 16.4. The summed E-state index contributed by atoms with van der Waals surface area (Å²) in [6.45, 7) is 6.92. The number of hydrogen-bond donors (Lipinski definition) is 2. The van der Waals surface area contributed by atoms with Gasteiger partial charge in [0.05, 0.1) is 0 Å². The predicted molar refractivity (Wildman–Crippen MR) is 74.3 cm³/mol. The molecule has 0 aliphatic heterocycles. The van der Waals surface area contributed by atoms with Gasteiger partial charge in [0.25, 0.3) is 0 Å². The van der Waals surface area contributed by atoms with Gasteiger partial charge in [-0.05, 0) is 0 Å². The Morgan fingerprint density at radius 2 is 1.43 bits per heavy atom. The minimum Gasteiger partial charge on any atom is -0.507 e. The average molecular weight is 325 g/mol. The fourth-order valence-corrected chi connectivity index (χ4v) is 3.01. The molecular weight excluding hydrogens is 307 g/mol. The molecule has 0 spiro atoms. The van der Waals surface area contributed by atoms with Crippen molar-refractivity contribution in [1.82, 2.24) is 0 Å². The summed E-state index contributed by atoms with van der Waals surface area (Å²) in [5.41, 5.74) is 0. The smallest absolute Gasteiger partial charge is 0.507 e. The molecule has 1 aromatic rings. The van der Waals surface area contributed by atoms with E-state index in [1.807, 2.05) is 0 Å². The summed E-state index contributed by atoms with van der Waals surface area (Å²) >= 11 is 0.